The number of likely N-dealkylation sites (tertiary alicyclic amines) is 1. The van der Waals surface area contributed by atoms with Crippen LogP contribution >= 0.6 is 0 Å². The molecule has 10 heteroatoms. The Hall–Kier alpha value is -2.49. The van der Waals surface area contributed by atoms with Crippen molar-refractivity contribution in [3.05, 3.63) is 29.8 Å². The van der Waals surface area contributed by atoms with E-state index in [4.69, 9.17) is 4.74 Å². The summed E-state index contributed by atoms with van der Waals surface area (Å²) < 4.78 is 43.7. The second-order valence-corrected chi connectivity index (χ2v) is 7.56. The SMILES string of the molecule is O=C1CO[C@H]2CCN(C(=O)N3CCN(c4ccc(C(F)(F)F)cc4)CC3)C[C@H]2N1. The van der Waals surface area contributed by atoms with Crippen LogP contribution in [0.5, 0.6) is 0 Å². The number of carbonyl (C=O) groups excluding carboxylic acids is 2. The van der Waals surface area contributed by atoms with Crippen molar-refractivity contribution in [2.24, 2.45) is 0 Å². The van der Waals surface area contributed by atoms with Crippen LogP contribution in [0.25, 0.3) is 0 Å². The largest absolute Gasteiger partial charge is 0.416 e. The van der Waals surface area contributed by atoms with Gasteiger partial charge in [0, 0.05) is 45.0 Å². The zero-order chi connectivity index (χ0) is 20.6. The molecule has 0 spiro atoms. The van der Waals surface area contributed by atoms with Crippen LogP contribution in [0.4, 0.5) is 23.7 Å². The molecule has 3 aliphatic rings. The number of fused-ring (bicyclic) bond motifs is 1. The number of rotatable bonds is 1. The minimum absolute atomic E-state index is 0.0479. The van der Waals surface area contributed by atoms with Gasteiger partial charge in [0.25, 0.3) is 0 Å². The number of hydrogen-bond donors (Lipinski definition) is 1. The molecule has 0 bridgehead atoms. The number of amides is 3. The zero-order valence-corrected chi connectivity index (χ0v) is 15.8. The third-order valence-electron chi connectivity index (χ3n) is 5.70. The van der Waals surface area contributed by atoms with Crippen molar-refractivity contribution in [1.82, 2.24) is 15.1 Å². The Morgan fingerprint density at radius 2 is 1.72 bits per heavy atom. The van der Waals surface area contributed by atoms with Gasteiger partial charge in [-0.1, -0.05) is 0 Å². The lowest BCUT2D eigenvalue weighted by Crippen LogP contribution is -2.63. The average Bonchev–Trinajstić information content (AvgIpc) is 2.72. The van der Waals surface area contributed by atoms with Gasteiger partial charge in [-0.15, -0.1) is 0 Å². The van der Waals surface area contributed by atoms with E-state index in [1.807, 2.05) is 4.90 Å². The van der Waals surface area contributed by atoms with E-state index < -0.39 is 11.7 Å². The molecule has 0 aromatic heterocycles. The second kappa shape index (κ2) is 7.74. The van der Waals surface area contributed by atoms with Crippen molar-refractivity contribution >= 4 is 17.6 Å². The monoisotopic (exact) mass is 412 g/mol. The van der Waals surface area contributed by atoms with Gasteiger partial charge in [0.2, 0.25) is 5.91 Å². The first-order valence-corrected chi connectivity index (χ1v) is 9.68. The quantitative estimate of drug-likeness (QED) is 0.760. The van der Waals surface area contributed by atoms with Gasteiger partial charge in [-0.25, -0.2) is 4.79 Å². The molecule has 0 radical (unpaired) electrons. The lowest BCUT2D eigenvalue weighted by Gasteiger charge is -2.44. The Morgan fingerprint density at radius 1 is 1.03 bits per heavy atom. The summed E-state index contributed by atoms with van der Waals surface area (Å²) in [5.74, 6) is -0.161. The van der Waals surface area contributed by atoms with Crippen LogP contribution in [0.15, 0.2) is 24.3 Å². The smallest absolute Gasteiger partial charge is 0.368 e. The van der Waals surface area contributed by atoms with Crippen LogP contribution in [0.1, 0.15) is 12.0 Å². The van der Waals surface area contributed by atoms with Gasteiger partial charge in [-0.2, -0.15) is 13.2 Å². The van der Waals surface area contributed by atoms with Crippen LogP contribution in [0.3, 0.4) is 0 Å². The summed E-state index contributed by atoms with van der Waals surface area (Å²) in [6.45, 7) is 3.17. The number of nitrogens with one attached hydrogen (secondary N) is 1. The number of alkyl halides is 3. The highest BCUT2D eigenvalue weighted by Gasteiger charge is 2.38. The molecule has 158 valence electrons. The maximum absolute atomic E-state index is 12.9. The van der Waals surface area contributed by atoms with Crippen molar-refractivity contribution in [2.75, 3.05) is 50.8 Å². The molecular formula is C19H23F3N4O3. The van der Waals surface area contributed by atoms with Gasteiger partial charge in [-0.05, 0) is 30.7 Å². The number of nitrogens with zero attached hydrogens (tertiary/aromatic N) is 3. The zero-order valence-electron chi connectivity index (χ0n) is 15.8. The first-order valence-electron chi connectivity index (χ1n) is 9.68. The van der Waals surface area contributed by atoms with Gasteiger partial charge in [0.1, 0.15) is 6.61 Å². The second-order valence-electron chi connectivity index (χ2n) is 7.56. The van der Waals surface area contributed by atoms with E-state index >= 15 is 0 Å². The van der Waals surface area contributed by atoms with Crippen molar-refractivity contribution < 1.29 is 27.5 Å². The number of carbonyl (C=O) groups is 2. The summed E-state index contributed by atoms with van der Waals surface area (Å²) in [5.41, 5.74) is 0.0465. The normalized spacial score (nSPS) is 25.5. The van der Waals surface area contributed by atoms with E-state index in [1.165, 1.54) is 12.1 Å². The van der Waals surface area contributed by atoms with Gasteiger partial charge >= 0.3 is 12.2 Å². The number of morpholine rings is 1. The predicted octanol–water partition coefficient (Wildman–Crippen LogP) is 1.54. The highest BCUT2D eigenvalue weighted by atomic mass is 19.4. The first-order chi connectivity index (χ1) is 13.8. The molecule has 29 heavy (non-hydrogen) atoms. The van der Waals surface area contributed by atoms with E-state index in [2.05, 4.69) is 5.32 Å². The van der Waals surface area contributed by atoms with Gasteiger partial charge in [0.05, 0.1) is 17.7 Å². The summed E-state index contributed by atoms with van der Waals surface area (Å²) in [7, 11) is 0. The van der Waals surface area contributed by atoms with Crippen molar-refractivity contribution in [3.63, 3.8) is 0 Å². The number of halogens is 3. The Balaban J connectivity index is 1.31. The maximum Gasteiger partial charge on any atom is 0.416 e. The Labute approximate surface area is 166 Å². The van der Waals surface area contributed by atoms with Gasteiger partial charge in [-0.3, -0.25) is 4.79 Å². The molecule has 3 heterocycles. The lowest BCUT2D eigenvalue weighted by molar-refractivity contribution is -0.139. The van der Waals surface area contributed by atoms with Crippen LogP contribution in [0.2, 0.25) is 0 Å². The summed E-state index contributed by atoms with van der Waals surface area (Å²) in [6, 6.07) is 4.85. The predicted molar refractivity (Wildman–Crippen MR) is 98.5 cm³/mol. The fourth-order valence-electron chi connectivity index (χ4n) is 4.09. The molecule has 4 rings (SSSR count). The Bertz CT molecular complexity index is 763. The highest BCUT2D eigenvalue weighted by molar-refractivity contribution is 5.79. The average molecular weight is 412 g/mol. The molecule has 0 saturated carbocycles. The highest BCUT2D eigenvalue weighted by Crippen LogP contribution is 2.30. The molecule has 0 aliphatic carbocycles. The first kappa shape index (κ1) is 19.8. The van der Waals surface area contributed by atoms with Crippen LogP contribution in [-0.4, -0.2) is 79.8 Å². The molecule has 2 atom stereocenters. The maximum atomic E-state index is 12.9. The van der Waals surface area contributed by atoms with Crippen molar-refractivity contribution in [1.29, 1.82) is 0 Å². The molecular weight excluding hydrogens is 389 g/mol. The molecule has 1 aromatic rings. The number of piperazine rings is 1. The third-order valence-corrected chi connectivity index (χ3v) is 5.70. The third kappa shape index (κ3) is 4.26. The van der Waals surface area contributed by atoms with Crippen LogP contribution < -0.4 is 10.2 Å². The summed E-state index contributed by atoms with van der Waals surface area (Å²) in [5, 5.41) is 2.89. The molecule has 3 aliphatic heterocycles. The fourth-order valence-corrected chi connectivity index (χ4v) is 4.09. The number of anilines is 1. The molecule has 1 aromatic carbocycles. The molecule has 3 fully saturated rings. The van der Waals surface area contributed by atoms with E-state index in [0.29, 0.717) is 51.4 Å². The summed E-state index contributed by atoms with van der Waals surface area (Å²) in [4.78, 5) is 29.9. The summed E-state index contributed by atoms with van der Waals surface area (Å²) in [6.07, 6.45) is -3.71. The Kier molecular flexibility index (Phi) is 5.28. The minimum atomic E-state index is -4.35. The van der Waals surface area contributed by atoms with E-state index in [0.717, 1.165) is 12.1 Å². The van der Waals surface area contributed by atoms with Crippen molar-refractivity contribution in [3.8, 4) is 0 Å². The fraction of sp³-hybridized carbons (Fsp3) is 0.579. The molecule has 1 N–H and O–H groups in total. The molecule has 3 saturated heterocycles. The standard InChI is InChI=1S/C19H23F3N4O3/c20-19(21,22)13-1-3-14(4-2-13)24-7-9-25(10-8-24)18(28)26-6-5-16-15(11-26)23-17(27)12-29-16/h1-4,15-16H,5-12H2,(H,23,27)/t15-,16+/m1/s1. The minimum Gasteiger partial charge on any atom is -0.368 e. The number of benzene rings is 1. The van der Waals surface area contributed by atoms with Crippen molar-refractivity contribution in [2.45, 2.75) is 24.7 Å². The van der Waals surface area contributed by atoms with Crippen LogP contribution in [0, 0.1) is 0 Å². The molecule has 3 amide bonds. The number of ether oxygens (including phenoxy) is 1. The molecule has 0 unspecified atom stereocenters. The van der Waals surface area contributed by atoms with E-state index in [9.17, 15) is 22.8 Å². The lowest BCUT2D eigenvalue weighted by atomic mass is 10.0. The number of urea groups is 1. The number of hydrogen-bond acceptors (Lipinski definition) is 4. The summed E-state index contributed by atoms with van der Waals surface area (Å²) >= 11 is 0. The molecule has 7 nitrogen and oxygen atoms in total. The topological polar surface area (TPSA) is 65.1 Å². The van der Waals surface area contributed by atoms with E-state index in [1.54, 1.807) is 9.80 Å². The Morgan fingerprint density at radius 3 is 2.38 bits per heavy atom. The van der Waals surface area contributed by atoms with Crippen LogP contribution in [-0.2, 0) is 15.7 Å². The number of piperidine rings is 1. The van der Waals surface area contributed by atoms with Gasteiger partial charge in [0.15, 0.2) is 0 Å². The van der Waals surface area contributed by atoms with Gasteiger partial charge < -0.3 is 24.8 Å². The van der Waals surface area contributed by atoms with E-state index in [-0.39, 0.29) is 30.7 Å².